The maximum Gasteiger partial charge on any atom is 0.262 e. The monoisotopic (exact) mass is 387 g/mol. The summed E-state index contributed by atoms with van der Waals surface area (Å²) in [5, 5.41) is 2.52. The molecule has 2 aromatic carbocycles. The van der Waals surface area contributed by atoms with E-state index in [1.54, 1.807) is 12.1 Å². The van der Waals surface area contributed by atoms with Crippen LogP contribution in [0.1, 0.15) is 20.7 Å². The Bertz CT molecular complexity index is 1010. The van der Waals surface area contributed by atoms with Gasteiger partial charge in [-0.1, -0.05) is 18.2 Å². The van der Waals surface area contributed by atoms with Gasteiger partial charge in [-0.2, -0.15) is 0 Å². The fourth-order valence-electron chi connectivity index (χ4n) is 2.67. The molecule has 1 aliphatic heterocycles. The van der Waals surface area contributed by atoms with Crippen molar-refractivity contribution in [1.82, 2.24) is 9.21 Å². The molecule has 0 unspecified atom stereocenters. The Labute approximate surface area is 156 Å². The number of rotatable bonds is 5. The maximum absolute atomic E-state index is 12.3. The van der Waals surface area contributed by atoms with E-state index >= 15 is 0 Å². The summed E-state index contributed by atoms with van der Waals surface area (Å²) >= 11 is 0. The predicted octanol–water partition coefficient (Wildman–Crippen LogP) is 1.17. The zero-order chi connectivity index (χ0) is 19.8. The first-order valence-corrected chi connectivity index (χ1v) is 9.43. The quantitative estimate of drug-likeness (QED) is 0.776. The smallest absolute Gasteiger partial charge is 0.262 e. The van der Waals surface area contributed by atoms with Crippen LogP contribution in [-0.2, 0) is 14.8 Å². The van der Waals surface area contributed by atoms with Gasteiger partial charge in [0.25, 0.3) is 11.8 Å². The highest BCUT2D eigenvalue weighted by atomic mass is 32.2. The van der Waals surface area contributed by atoms with Gasteiger partial charge in [-0.15, -0.1) is 0 Å². The molecule has 140 valence electrons. The molecule has 0 atom stereocenters. The van der Waals surface area contributed by atoms with Gasteiger partial charge in [0.15, 0.2) is 0 Å². The first-order valence-electron chi connectivity index (χ1n) is 7.99. The van der Waals surface area contributed by atoms with Crippen molar-refractivity contribution in [3.8, 4) is 0 Å². The van der Waals surface area contributed by atoms with Crippen molar-refractivity contribution in [2.24, 2.45) is 0 Å². The third kappa shape index (κ3) is 3.46. The highest BCUT2D eigenvalue weighted by molar-refractivity contribution is 7.89. The molecule has 0 aromatic heterocycles. The van der Waals surface area contributed by atoms with E-state index in [-0.39, 0.29) is 21.7 Å². The molecule has 0 spiro atoms. The fourth-order valence-corrected chi connectivity index (χ4v) is 3.62. The van der Waals surface area contributed by atoms with Gasteiger partial charge in [-0.3, -0.25) is 19.3 Å². The second kappa shape index (κ2) is 6.93. The van der Waals surface area contributed by atoms with Crippen LogP contribution in [0.4, 0.5) is 5.69 Å². The number of hydrogen-bond donors (Lipinski definition) is 1. The van der Waals surface area contributed by atoms with Gasteiger partial charge in [0.2, 0.25) is 15.9 Å². The van der Waals surface area contributed by atoms with Crippen LogP contribution in [0.3, 0.4) is 0 Å². The summed E-state index contributed by atoms with van der Waals surface area (Å²) in [4.78, 5) is 37.8. The third-order valence-corrected chi connectivity index (χ3v) is 5.89. The lowest BCUT2D eigenvalue weighted by Gasteiger charge is -2.15. The molecule has 1 heterocycles. The Hall–Kier alpha value is -3.04. The minimum Gasteiger partial charge on any atom is -0.324 e. The summed E-state index contributed by atoms with van der Waals surface area (Å²) in [6.45, 7) is -0.461. The molecular weight excluding hydrogens is 370 g/mol. The van der Waals surface area contributed by atoms with Gasteiger partial charge in [0.05, 0.1) is 16.0 Å². The second-order valence-corrected chi connectivity index (χ2v) is 8.26. The van der Waals surface area contributed by atoms with Gasteiger partial charge < -0.3 is 5.32 Å². The molecule has 0 fully saturated rings. The third-order valence-electron chi connectivity index (χ3n) is 4.08. The van der Waals surface area contributed by atoms with Crippen molar-refractivity contribution in [1.29, 1.82) is 0 Å². The molecule has 9 heteroatoms. The highest BCUT2D eigenvalue weighted by Crippen LogP contribution is 2.22. The molecule has 0 aliphatic carbocycles. The van der Waals surface area contributed by atoms with Crippen LogP contribution >= 0.6 is 0 Å². The highest BCUT2D eigenvalue weighted by Gasteiger charge is 2.36. The topological polar surface area (TPSA) is 104 Å². The van der Waals surface area contributed by atoms with Gasteiger partial charge in [0, 0.05) is 19.8 Å². The van der Waals surface area contributed by atoms with E-state index in [1.165, 1.54) is 50.5 Å². The molecular formula is C18H17N3O5S. The number of nitrogens with zero attached hydrogens (tertiary/aromatic N) is 2. The predicted molar refractivity (Wildman–Crippen MR) is 97.8 cm³/mol. The molecule has 8 nitrogen and oxygen atoms in total. The van der Waals surface area contributed by atoms with Gasteiger partial charge in [-0.05, 0) is 30.3 Å². The zero-order valence-corrected chi connectivity index (χ0v) is 15.5. The molecule has 0 saturated heterocycles. The molecule has 27 heavy (non-hydrogen) atoms. The van der Waals surface area contributed by atoms with Crippen LogP contribution < -0.4 is 5.32 Å². The molecule has 0 radical (unpaired) electrons. The summed E-state index contributed by atoms with van der Waals surface area (Å²) in [5.41, 5.74) is 0.767. The Kier molecular flexibility index (Phi) is 4.81. The van der Waals surface area contributed by atoms with Crippen molar-refractivity contribution in [3.63, 3.8) is 0 Å². The van der Waals surface area contributed by atoms with Crippen molar-refractivity contribution < 1.29 is 22.8 Å². The molecule has 3 amide bonds. The Morgan fingerprint density at radius 2 is 1.59 bits per heavy atom. The molecule has 0 bridgehead atoms. The van der Waals surface area contributed by atoms with Crippen LogP contribution in [0.25, 0.3) is 0 Å². The number of sulfonamides is 1. The molecule has 1 aliphatic rings. The normalized spacial score (nSPS) is 13.8. The Morgan fingerprint density at radius 3 is 2.15 bits per heavy atom. The first-order chi connectivity index (χ1) is 12.7. The van der Waals surface area contributed by atoms with Crippen molar-refractivity contribution in [2.45, 2.75) is 4.90 Å². The maximum atomic E-state index is 12.3. The standard InChI is InChI=1S/C18H17N3O5S/c1-20(2)27(25,26)13-7-5-6-12(10-13)19-16(22)11-21-17(23)14-8-3-4-9-15(14)18(21)24/h3-10H,11H2,1-2H3,(H,19,22). The van der Waals surface area contributed by atoms with Crippen molar-refractivity contribution >= 4 is 33.4 Å². The summed E-state index contributed by atoms with van der Waals surface area (Å²) in [6, 6.07) is 12.1. The number of fused-ring (bicyclic) bond motifs is 1. The summed E-state index contributed by atoms with van der Waals surface area (Å²) in [5.74, 6) is -1.67. The number of carbonyl (C=O) groups excluding carboxylic acids is 3. The number of hydrogen-bond acceptors (Lipinski definition) is 5. The number of amides is 3. The van der Waals surface area contributed by atoms with Gasteiger partial charge >= 0.3 is 0 Å². The minimum absolute atomic E-state index is 0.0195. The number of benzene rings is 2. The van der Waals surface area contributed by atoms with E-state index in [1.807, 2.05) is 0 Å². The molecule has 0 saturated carbocycles. The van der Waals surface area contributed by atoms with E-state index < -0.39 is 34.3 Å². The lowest BCUT2D eigenvalue weighted by molar-refractivity contribution is -0.116. The van der Waals surface area contributed by atoms with Crippen molar-refractivity contribution in [3.05, 3.63) is 59.7 Å². The SMILES string of the molecule is CN(C)S(=O)(=O)c1cccc(NC(=O)CN2C(=O)c3ccccc3C2=O)c1. The van der Waals surface area contributed by atoms with Crippen LogP contribution in [0, 0.1) is 0 Å². The van der Waals surface area contributed by atoms with Crippen molar-refractivity contribution in [2.75, 3.05) is 26.0 Å². The number of carbonyl (C=O) groups is 3. The van der Waals surface area contributed by atoms with E-state index in [4.69, 9.17) is 0 Å². The zero-order valence-electron chi connectivity index (χ0n) is 14.7. The number of imide groups is 1. The van der Waals surface area contributed by atoms with Crippen LogP contribution in [0.5, 0.6) is 0 Å². The number of nitrogens with one attached hydrogen (secondary N) is 1. The average molecular weight is 387 g/mol. The first kappa shape index (κ1) is 18.7. The van der Waals surface area contributed by atoms with E-state index in [2.05, 4.69) is 5.32 Å². The average Bonchev–Trinajstić information content (AvgIpc) is 2.87. The summed E-state index contributed by atoms with van der Waals surface area (Å²) in [7, 11) is -0.837. The lowest BCUT2D eigenvalue weighted by atomic mass is 10.1. The van der Waals surface area contributed by atoms with Crippen LogP contribution in [0.15, 0.2) is 53.4 Å². The summed E-state index contributed by atoms with van der Waals surface area (Å²) in [6.07, 6.45) is 0. The van der Waals surface area contributed by atoms with Crippen LogP contribution in [0.2, 0.25) is 0 Å². The van der Waals surface area contributed by atoms with Gasteiger partial charge in [0.1, 0.15) is 6.54 Å². The van der Waals surface area contributed by atoms with Gasteiger partial charge in [-0.25, -0.2) is 12.7 Å². The summed E-state index contributed by atoms with van der Waals surface area (Å²) < 4.78 is 25.4. The fraction of sp³-hybridized carbons (Fsp3) is 0.167. The second-order valence-electron chi connectivity index (χ2n) is 6.11. The molecule has 2 aromatic rings. The largest absolute Gasteiger partial charge is 0.324 e. The van der Waals surface area contributed by atoms with E-state index in [0.717, 1.165) is 9.21 Å². The molecule has 3 rings (SSSR count). The van der Waals surface area contributed by atoms with E-state index in [9.17, 15) is 22.8 Å². The lowest BCUT2D eigenvalue weighted by Crippen LogP contribution is -2.37. The molecule has 1 N–H and O–H groups in total. The Balaban J connectivity index is 1.75. The van der Waals surface area contributed by atoms with Crippen LogP contribution in [-0.4, -0.2) is 56.0 Å². The minimum atomic E-state index is -3.65. The Morgan fingerprint density at radius 1 is 1.00 bits per heavy atom. The number of anilines is 1. The van der Waals surface area contributed by atoms with E-state index in [0.29, 0.717) is 0 Å².